The maximum atomic E-state index is 13.3. The van der Waals surface area contributed by atoms with Crippen molar-refractivity contribution in [3.05, 3.63) is 0 Å². The number of rotatable bonds is 20. The van der Waals surface area contributed by atoms with Crippen molar-refractivity contribution in [3.63, 3.8) is 0 Å². The van der Waals surface area contributed by atoms with Crippen LogP contribution in [-0.4, -0.2) is 124 Å². The average Bonchev–Trinajstić information content (AvgIpc) is 3.51. The second-order valence-corrected chi connectivity index (χ2v) is 12.1. The largest absolute Gasteiger partial charge is 0.480 e. The van der Waals surface area contributed by atoms with Crippen LogP contribution in [0.3, 0.4) is 0 Å². The molecule has 48 heavy (non-hydrogen) atoms. The number of hydrogen-bond donors (Lipinski definition) is 11. The van der Waals surface area contributed by atoms with E-state index in [0.717, 1.165) is 0 Å². The number of carboxylic acid groups (broad SMARTS) is 1. The molecule has 1 aliphatic heterocycles. The third kappa shape index (κ3) is 13.6. The highest BCUT2D eigenvalue weighted by Crippen LogP contribution is 2.19. The fourth-order valence-electron chi connectivity index (χ4n) is 4.60. The Morgan fingerprint density at radius 1 is 0.833 bits per heavy atom. The van der Waals surface area contributed by atoms with Gasteiger partial charge in [-0.2, -0.15) is 25.3 Å². The molecule has 0 aromatic rings. The van der Waals surface area contributed by atoms with E-state index in [-0.39, 0.29) is 24.3 Å². The van der Waals surface area contributed by atoms with Gasteiger partial charge in [0.2, 0.25) is 47.3 Å². The zero-order chi connectivity index (χ0) is 36.7. The smallest absolute Gasteiger partial charge is 0.327 e. The topological polar surface area (TPSA) is 315 Å². The van der Waals surface area contributed by atoms with E-state index in [0.29, 0.717) is 19.4 Å². The monoisotopic (exact) mass is 719 g/mol. The molecule has 1 aliphatic rings. The van der Waals surface area contributed by atoms with Crippen LogP contribution in [0.15, 0.2) is 0 Å². The minimum Gasteiger partial charge on any atom is -0.480 e. The first-order chi connectivity index (χ1) is 22.4. The van der Waals surface area contributed by atoms with E-state index in [4.69, 9.17) is 22.3 Å². The number of nitrogens with two attached hydrogens (primary N) is 3. The molecule has 21 heteroatoms. The van der Waals surface area contributed by atoms with Gasteiger partial charge in [-0.25, -0.2) is 4.79 Å². The van der Waals surface area contributed by atoms with Gasteiger partial charge in [0.25, 0.3) is 0 Å². The maximum absolute atomic E-state index is 13.3. The second kappa shape index (κ2) is 20.3. The van der Waals surface area contributed by atoms with Crippen LogP contribution in [0, 0.1) is 5.92 Å². The minimum absolute atomic E-state index is 0.0699. The van der Waals surface area contributed by atoms with Crippen molar-refractivity contribution in [1.82, 2.24) is 31.5 Å². The van der Waals surface area contributed by atoms with Crippen molar-refractivity contribution in [1.29, 1.82) is 0 Å². The van der Waals surface area contributed by atoms with Gasteiger partial charge >= 0.3 is 5.97 Å². The number of amides is 8. The molecular weight excluding hydrogens is 674 g/mol. The Kier molecular flexibility index (Phi) is 17.7. The Balaban J connectivity index is 2.97. The highest BCUT2D eigenvalue weighted by Gasteiger charge is 2.38. The SMILES string of the molecule is CC(C)[C@H](NC(=O)[C@@H]1CCCN1C(=O)[C@@H](N)CS)C(=O)N[C@@H](CC(N)=O)C(=O)NCC(=O)N[C@@H](CCC(N)=O)C(=O)N[C@@H](CS)C(=O)O. The number of carbonyl (C=O) groups is 9. The average molecular weight is 720 g/mol. The lowest BCUT2D eigenvalue weighted by molar-refractivity contribution is -0.141. The Labute approximate surface area is 287 Å². The Bertz CT molecular complexity index is 1240. The molecule has 270 valence electrons. The molecule has 12 N–H and O–H groups in total. The van der Waals surface area contributed by atoms with Gasteiger partial charge in [-0.15, -0.1) is 0 Å². The van der Waals surface area contributed by atoms with Gasteiger partial charge in [0.1, 0.15) is 30.2 Å². The Hall–Kier alpha value is -4.11. The number of carboxylic acids is 1. The van der Waals surface area contributed by atoms with Gasteiger partial charge in [-0.05, 0) is 25.2 Å². The molecule has 19 nitrogen and oxygen atoms in total. The number of likely N-dealkylation sites (tertiary alicyclic amines) is 1. The first-order valence-corrected chi connectivity index (χ1v) is 16.2. The van der Waals surface area contributed by atoms with Crippen LogP contribution in [0.2, 0.25) is 0 Å². The highest BCUT2D eigenvalue weighted by atomic mass is 32.1. The number of hydrogen-bond acceptors (Lipinski definition) is 12. The van der Waals surface area contributed by atoms with E-state index in [1.807, 2.05) is 0 Å². The molecule has 1 heterocycles. The highest BCUT2D eigenvalue weighted by molar-refractivity contribution is 7.80. The van der Waals surface area contributed by atoms with Crippen LogP contribution in [0.1, 0.15) is 46.0 Å². The molecule has 1 fully saturated rings. The van der Waals surface area contributed by atoms with E-state index in [1.165, 1.54) is 4.90 Å². The summed E-state index contributed by atoms with van der Waals surface area (Å²) in [5.41, 5.74) is 16.2. The first-order valence-electron chi connectivity index (χ1n) is 15.0. The summed E-state index contributed by atoms with van der Waals surface area (Å²) in [6.45, 7) is 2.75. The Morgan fingerprint density at radius 2 is 1.46 bits per heavy atom. The van der Waals surface area contributed by atoms with Gasteiger partial charge in [0.15, 0.2) is 0 Å². The van der Waals surface area contributed by atoms with Crippen molar-refractivity contribution in [2.75, 3.05) is 24.6 Å². The van der Waals surface area contributed by atoms with Crippen molar-refractivity contribution in [2.24, 2.45) is 23.1 Å². The predicted octanol–water partition coefficient (Wildman–Crippen LogP) is -4.90. The van der Waals surface area contributed by atoms with Crippen molar-refractivity contribution >= 4 is 78.5 Å². The summed E-state index contributed by atoms with van der Waals surface area (Å²) < 4.78 is 0. The molecule has 6 atom stereocenters. The van der Waals surface area contributed by atoms with Crippen molar-refractivity contribution in [2.45, 2.75) is 82.2 Å². The van der Waals surface area contributed by atoms with Crippen LogP contribution >= 0.6 is 25.3 Å². The van der Waals surface area contributed by atoms with Crippen molar-refractivity contribution in [3.8, 4) is 0 Å². The summed E-state index contributed by atoms with van der Waals surface area (Å²) in [6.07, 6.45) is -0.461. The third-order valence-corrected chi connectivity index (χ3v) is 7.95. The van der Waals surface area contributed by atoms with Gasteiger partial charge in [-0.3, -0.25) is 38.4 Å². The fourth-order valence-corrected chi connectivity index (χ4v) is 5.00. The van der Waals surface area contributed by atoms with Crippen LogP contribution in [0.5, 0.6) is 0 Å². The lowest BCUT2D eigenvalue weighted by Crippen LogP contribution is -2.59. The van der Waals surface area contributed by atoms with Gasteiger partial charge in [-0.1, -0.05) is 13.8 Å². The third-order valence-electron chi connectivity index (χ3n) is 7.19. The Morgan fingerprint density at radius 3 is 1.98 bits per heavy atom. The molecule has 0 unspecified atom stereocenters. The second-order valence-electron chi connectivity index (χ2n) is 11.4. The van der Waals surface area contributed by atoms with Gasteiger partial charge < -0.3 is 53.8 Å². The maximum Gasteiger partial charge on any atom is 0.327 e. The standard InChI is InChI=1S/C27H45N9O10S2/c1-12(2)21(35-24(42)17-4-3-7-36(17)26(44)13(28)10-47)25(43)33-15(8-19(30)38)22(40)31-9-20(39)32-14(5-6-18(29)37)23(41)34-16(11-48)27(45)46/h12-17,21,47-48H,3-11,28H2,1-2H3,(H2,29,37)(H2,30,38)(H,31,40)(H,32,39)(H,33,43)(H,34,41)(H,35,42)(H,45,46)/t13-,14-,15-,16-,17-,21-/m0/s1. The molecule has 0 saturated carbocycles. The first kappa shape index (κ1) is 41.9. The summed E-state index contributed by atoms with van der Waals surface area (Å²) >= 11 is 7.88. The van der Waals surface area contributed by atoms with Crippen LogP contribution in [-0.2, 0) is 43.2 Å². The van der Waals surface area contributed by atoms with E-state index in [2.05, 4.69) is 51.8 Å². The summed E-state index contributed by atoms with van der Waals surface area (Å²) in [6, 6.07) is -7.41. The number of nitrogens with one attached hydrogen (secondary N) is 5. The molecule has 1 rings (SSSR count). The number of nitrogens with zero attached hydrogens (tertiary/aromatic N) is 1. The summed E-state index contributed by atoms with van der Waals surface area (Å²) in [4.78, 5) is 113. The van der Waals surface area contributed by atoms with Crippen molar-refractivity contribution < 1.29 is 48.3 Å². The molecule has 8 amide bonds. The summed E-state index contributed by atoms with van der Waals surface area (Å²) in [7, 11) is 0. The number of thiol groups is 2. The number of primary amides is 2. The molecule has 0 radical (unpaired) electrons. The van der Waals surface area contributed by atoms with E-state index in [1.54, 1.807) is 13.8 Å². The lowest BCUT2D eigenvalue weighted by atomic mass is 10.0. The minimum atomic E-state index is -1.58. The zero-order valence-electron chi connectivity index (χ0n) is 26.6. The van der Waals surface area contributed by atoms with Gasteiger partial charge in [0, 0.05) is 24.5 Å². The lowest BCUT2D eigenvalue weighted by Gasteiger charge is -2.29. The molecule has 0 aromatic carbocycles. The molecule has 0 aliphatic carbocycles. The van der Waals surface area contributed by atoms with Crippen LogP contribution in [0.4, 0.5) is 0 Å². The van der Waals surface area contributed by atoms with Crippen LogP contribution < -0.4 is 43.8 Å². The van der Waals surface area contributed by atoms with E-state index < -0.39 is 108 Å². The normalized spacial score (nSPS) is 17.2. The summed E-state index contributed by atoms with van der Waals surface area (Å²) in [5, 5.41) is 20.7. The molecule has 1 saturated heterocycles. The fraction of sp³-hybridized carbons (Fsp3) is 0.667. The quantitative estimate of drug-likeness (QED) is 0.0530. The van der Waals surface area contributed by atoms with E-state index >= 15 is 0 Å². The number of aliphatic carboxylic acids is 1. The molecular formula is C27H45N9O10S2. The number of carbonyl (C=O) groups excluding carboxylic acids is 8. The molecule has 0 bridgehead atoms. The summed E-state index contributed by atoms with van der Waals surface area (Å²) in [5.74, 6) is -8.74. The van der Waals surface area contributed by atoms with Gasteiger partial charge in [0.05, 0.1) is 19.0 Å². The van der Waals surface area contributed by atoms with E-state index in [9.17, 15) is 43.2 Å². The molecule has 0 spiro atoms. The van der Waals surface area contributed by atoms with Crippen LogP contribution in [0.25, 0.3) is 0 Å². The predicted molar refractivity (Wildman–Crippen MR) is 176 cm³/mol. The zero-order valence-corrected chi connectivity index (χ0v) is 28.4. The molecule has 0 aromatic heterocycles.